The van der Waals surface area contributed by atoms with Crippen molar-refractivity contribution in [1.29, 1.82) is 0 Å². The molecule has 0 unspecified atom stereocenters. The maximum Gasteiger partial charge on any atom is 0.224 e. The lowest BCUT2D eigenvalue weighted by Crippen LogP contribution is -2.38. The van der Waals surface area contributed by atoms with Gasteiger partial charge in [-0.15, -0.1) is 11.3 Å². The summed E-state index contributed by atoms with van der Waals surface area (Å²) in [6.07, 6.45) is 2.14. The van der Waals surface area contributed by atoms with Crippen LogP contribution in [0.25, 0.3) is 0 Å². The molecule has 1 aromatic carbocycles. The van der Waals surface area contributed by atoms with E-state index in [0.717, 1.165) is 36.7 Å². The Morgan fingerprint density at radius 1 is 1.24 bits per heavy atom. The maximum atomic E-state index is 13.0. The molecule has 1 fully saturated rings. The largest absolute Gasteiger partial charge is 0.442 e. The smallest absolute Gasteiger partial charge is 0.224 e. The maximum absolute atomic E-state index is 13.0. The van der Waals surface area contributed by atoms with Crippen LogP contribution in [0.2, 0.25) is 0 Å². The lowest BCUT2D eigenvalue weighted by molar-refractivity contribution is -0.0459. The van der Waals surface area contributed by atoms with Gasteiger partial charge in [0.15, 0.2) is 0 Å². The average Bonchev–Trinajstić information content (AvgIpc) is 3.29. The number of hydrogen-bond acceptors (Lipinski definition) is 6. The number of hydrogen-bond donors (Lipinski definition) is 0. The summed E-state index contributed by atoms with van der Waals surface area (Å²) in [5, 5.41) is 2.07. The molecular weight excluding hydrogens is 341 g/mol. The highest BCUT2D eigenvalue weighted by molar-refractivity contribution is 7.07. The monoisotopic (exact) mass is 359 g/mol. The van der Waals surface area contributed by atoms with Crippen LogP contribution in [-0.2, 0) is 17.7 Å². The second kappa shape index (κ2) is 7.43. The van der Waals surface area contributed by atoms with E-state index in [4.69, 9.17) is 9.15 Å². The van der Waals surface area contributed by atoms with E-state index in [-0.39, 0.29) is 11.9 Å². The molecule has 1 aliphatic rings. The van der Waals surface area contributed by atoms with Gasteiger partial charge in [0.25, 0.3) is 0 Å². The zero-order valence-corrected chi connectivity index (χ0v) is 14.4. The Morgan fingerprint density at radius 3 is 2.92 bits per heavy atom. The Balaban J connectivity index is 1.39. The van der Waals surface area contributed by atoms with E-state index in [9.17, 15) is 4.39 Å². The Labute approximate surface area is 149 Å². The molecule has 1 atom stereocenters. The minimum atomic E-state index is -0.238. The van der Waals surface area contributed by atoms with Gasteiger partial charge in [0.1, 0.15) is 17.7 Å². The minimum absolute atomic E-state index is 0.172. The summed E-state index contributed by atoms with van der Waals surface area (Å²) in [4.78, 5) is 11.0. The van der Waals surface area contributed by atoms with Gasteiger partial charge in [0.05, 0.1) is 24.0 Å². The third-order valence-corrected chi connectivity index (χ3v) is 4.79. The number of nitrogens with zero attached hydrogens (tertiary/aromatic N) is 3. The van der Waals surface area contributed by atoms with Gasteiger partial charge in [-0.3, -0.25) is 4.90 Å². The molecule has 0 amide bonds. The highest BCUT2D eigenvalue weighted by Crippen LogP contribution is 2.24. The molecule has 1 saturated heterocycles. The van der Waals surface area contributed by atoms with Crippen molar-refractivity contribution in [3.8, 4) is 0 Å². The summed E-state index contributed by atoms with van der Waals surface area (Å²) in [5.74, 6) is 1.11. The summed E-state index contributed by atoms with van der Waals surface area (Å²) in [6.45, 7) is 3.06. The van der Waals surface area contributed by atoms with E-state index in [0.29, 0.717) is 18.9 Å². The van der Waals surface area contributed by atoms with Crippen LogP contribution >= 0.6 is 11.3 Å². The van der Waals surface area contributed by atoms with Crippen LogP contribution in [0.3, 0.4) is 0 Å². The van der Waals surface area contributed by atoms with Gasteiger partial charge < -0.3 is 9.15 Å². The van der Waals surface area contributed by atoms with Crippen molar-refractivity contribution in [3.63, 3.8) is 0 Å². The number of ether oxygens (including phenoxy) is 1. The molecule has 3 heterocycles. The first-order chi connectivity index (χ1) is 12.3. The molecular formula is C18H18FN3O2S. The molecule has 7 heteroatoms. The zero-order valence-electron chi connectivity index (χ0n) is 13.6. The molecule has 5 nitrogen and oxygen atoms in total. The number of benzene rings is 1. The van der Waals surface area contributed by atoms with Crippen LogP contribution in [0.5, 0.6) is 0 Å². The molecule has 0 spiro atoms. The molecule has 0 saturated carbocycles. The number of thiazole rings is 1. The molecule has 4 rings (SSSR count). The normalized spacial score (nSPS) is 18.5. The van der Waals surface area contributed by atoms with Gasteiger partial charge in [0, 0.05) is 31.4 Å². The van der Waals surface area contributed by atoms with Gasteiger partial charge in [0.2, 0.25) is 5.89 Å². The predicted octanol–water partition coefficient (Wildman–Crippen LogP) is 3.43. The molecule has 3 aromatic rings. The van der Waals surface area contributed by atoms with Crippen molar-refractivity contribution in [2.24, 2.45) is 0 Å². The third-order valence-electron chi connectivity index (χ3n) is 4.16. The van der Waals surface area contributed by atoms with E-state index < -0.39 is 0 Å². The van der Waals surface area contributed by atoms with E-state index in [1.54, 1.807) is 29.7 Å². The Hall–Kier alpha value is -2.09. The highest BCUT2D eigenvalue weighted by atomic mass is 32.1. The standard InChI is InChI=1S/C18H18FN3O2S/c19-14-3-1-13(2-4-14)7-16-8-20-18(24-16)17-10-22(5-6-23-17)9-15-11-25-12-21-15/h1-4,8,11-12,17H,5-7,9-10H2/t17-/m0/s1. The summed E-state index contributed by atoms with van der Waals surface area (Å²) in [6, 6.07) is 6.41. The van der Waals surface area contributed by atoms with Crippen LogP contribution in [0.1, 0.15) is 29.0 Å². The molecule has 25 heavy (non-hydrogen) atoms. The van der Waals surface area contributed by atoms with E-state index >= 15 is 0 Å². The molecule has 0 bridgehead atoms. The first-order valence-corrected chi connectivity index (χ1v) is 9.10. The van der Waals surface area contributed by atoms with Gasteiger partial charge >= 0.3 is 0 Å². The van der Waals surface area contributed by atoms with Crippen molar-refractivity contribution in [3.05, 3.63) is 70.1 Å². The fourth-order valence-corrected chi connectivity index (χ4v) is 3.45. The van der Waals surface area contributed by atoms with Crippen molar-refractivity contribution in [1.82, 2.24) is 14.9 Å². The van der Waals surface area contributed by atoms with Crippen LogP contribution in [0, 0.1) is 5.82 Å². The number of aromatic nitrogens is 2. The van der Waals surface area contributed by atoms with Crippen LogP contribution in [-0.4, -0.2) is 34.6 Å². The number of oxazole rings is 1. The SMILES string of the molecule is Fc1ccc(Cc2cnc([C@@H]3CN(Cc4cscn4)CCO3)o2)cc1. The molecule has 0 radical (unpaired) electrons. The molecule has 0 N–H and O–H groups in total. The van der Waals surface area contributed by atoms with Gasteiger partial charge in [-0.25, -0.2) is 14.4 Å². The van der Waals surface area contributed by atoms with Gasteiger partial charge in [-0.2, -0.15) is 0 Å². The molecule has 2 aromatic heterocycles. The zero-order chi connectivity index (χ0) is 17.1. The first-order valence-electron chi connectivity index (χ1n) is 8.16. The van der Waals surface area contributed by atoms with Crippen molar-refractivity contribution >= 4 is 11.3 Å². The van der Waals surface area contributed by atoms with Crippen LogP contribution < -0.4 is 0 Å². The quantitative estimate of drug-likeness (QED) is 0.698. The van der Waals surface area contributed by atoms with Crippen molar-refractivity contribution < 1.29 is 13.5 Å². The molecule has 1 aliphatic heterocycles. The fourth-order valence-electron chi connectivity index (χ4n) is 2.90. The fraction of sp³-hybridized carbons (Fsp3) is 0.333. The van der Waals surface area contributed by atoms with E-state index in [2.05, 4.69) is 20.2 Å². The third kappa shape index (κ3) is 4.12. The lowest BCUT2D eigenvalue weighted by atomic mass is 10.1. The second-order valence-corrected chi connectivity index (χ2v) is 6.76. The Morgan fingerprint density at radius 2 is 2.12 bits per heavy atom. The summed E-state index contributed by atoms with van der Waals surface area (Å²) in [7, 11) is 0. The number of morpholine rings is 1. The lowest BCUT2D eigenvalue weighted by Gasteiger charge is -2.30. The van der Waals surface area contributed by atoms with Crippen LogP contribution in [0.4, 0.5) is 4.39 Å². The van der Waals surface area contributed by atoms with Gasteiger partial charge in [-0.05, 0) is 17.7 Å². The first kappa shape index (κ1) is 16.4. The van der Waals surface area contributed by atoms with Gasteiger partial charge in [-0.1, -0.05) is 12.1 Å². The topological polar surface area (TPSA) is 51.4 Å². The van der Waals surface area contributed by atoms with E-state index in [1.807, 2.05) is 5.51 Å². The van der Waals surface area contributed by atoms with Crippen molar-refractivity contribution in [2.45, 2.75) is 19.1 Å². The number of halogens is 1. The predicted molar refractivity (Wildman–Crippen MR) is 91.8 cm³/mol. The highest BCUT2D eigenvalue weighted by Gasteiger charge is 2.26. The molecule has 0 aliphatic carbocycles. The summed E-state index contributed by atoms with van der Waals surface area (Å²) < 4.78 is 24.7. The van der Waals surface area contributed by atoms with Crippen molar-refractivity contribution in [2.75, 3.05) is 19.7 Å². The number of rotatable bonds is 5. The summed E-state index contributed by atoms with van der Waals surface area (Å²) >= 11 is 1.61. The second-order valence-electron chi connectivity index (χ2n) is 6.04. The summed E-state index contributed by atoms with van der Waals surface area (Å²) in [5.41, 5.74) is 3.91. The van der Waals surface area contributed by atoms with Crippen LogP contribution in [0.15, 0.2) is 45.8 Å². The minimum Gasteiger partial charge on any atom is -0.442 e. The Bertz CT molecular complexity index is 804. The van der Waals surface area contributed by atoms with E-state index in [1.165, 1.54) is 12.1 Å². The Kier molecular flexibility index (Phi) is 4.87. The molecule has 130 valence electrons. The average molecular weight is 359 g/mol.